The number of benzene rings is 2. The van der Waals surface area contributed by atoms with Crippen LogP contribution in [0.2, 0.25) is 0 Å². The van der Waals surface area contributed by atoms with Crippen LogP contribution < -0.4 is 14.8 Å². The van der Waals surface area contributed by atoms with Crippen molar-refractivity contribution in [1.29, 1.82) is 0 Å². The summed E-state index contributed by atoms with van der Waals surface area (Å²) in [5.74, 6) is 1.15. The molecule has 0 radical (unpaired) electrons. The Hall–Kier alpha value is -3.43. The van der Waals surface area contributed by atoms with Gasteiger partial charge < -0.3 is 24.1 Å². The van der Waals surface area contributed by atoms with Crippen molar-refractivity contribution < 1.29 is 32.2 Å². The number of hydrogen-bond donors (Lipinski definition) is 1. The highest BCUT2D eigenvalue weighted by Gasteiger charge is 2.35. The summed E-state index contributed by atoms with van der Waals surface area (Å²) in [5, 5.41) is 3.31. The number of anilines is 2. The SMILES string of the molecule is COC(=O)CCc1cc2nc(Nc3ccc(OC(F)(F)F)cc3)n([C@@H]3C[C@@H](C)CC(C)(C)C3)c2cc1OC. The number of aromatic nitrogens is 2. The van der Waals surface area contributed by atoms with Crippen molar-refractivity contribution in [2.24, 2.45) is 11.3 Å². The molecular formula is C28H34F3N3O4. The van der Waals surface area contributed by atoms with Gasteiger partial charge in [-0.2, -0.15) is 0 Å². The number of carbonyl (C=O) groups is 1. The normalized spacial score (nSPS) is 19.3. The first kappa shape index (κ1) is 27.6. The Kier molecular flexibility index (Phi) is 7.80. The number of rotatable bonds is 8. The predicted octanol–water partition coefficient (Wildman–Crippen LogP) is 7.18. The molecule has 10 heteroatoms. The van der Waals surface area contributed by atoms with E-state index < -0.39 is 6.36 Å². The van der Waals surface area contributed by atoms with Gasteiger partial charge in [0.25, 0.3) is 0 Å². The Morgan fingerprint density at radius 3 is 2.47 bits per heavy atom. The zero-order valence-electron chi connectivity index (χ0n) is 22.3. The molecule has 1 heterocycles. The van der Waals surface area contributed by atoms with Gasteiger partial charge in [-0.25, -0.2) is 4.98 Å². The summed E-state index contributed by atoms with van der Waals surface area (Å²) in [4.78, 5) is 16.6. The van der Waals surface area contributed by atoms with Gasteiger partial charge in [0.1, 0.15) is 11.5 Å². The van der Waals surface area contributed by atoms with E-state index in [1.807, 2.05) is 12.1 Å². The minimum Gasteiger partial charge on any atom is -0.496 e. The van der Waals surface area contributed by atoms with Crippen LogP contribution in [0.15, 0.2) is 36.4 Å². The lowest BCUT2D eigenvalue weighted by molar-refractivity contribution is -0.274. The van der Waals surface area contributed by atoms with Gasteiger partial charge in [-0.05, 0) is 72.9 Å². The van der Waals surface area contributed by atoms with Crippen molar-refractivity contribution in [2.45, 2.75) is 65.3 Å². The van der Waals surface area contributed by atoms with Crippen molar-refractivity contribution in [3.05, 3.63) is 42.0 Å². The van der Waals surface area contributed by atoms with Crippen LogP contribution in [-0.2, 0) is 16.0 Å². The van der Waals surface area contributed by atoms with E-state index in [9.17, 15) is 18.0 Å². The molecule has 0 spiro atoms. The first-order valence-electron chi connectivity index (χ1n) is 12.7. The lowest BCUT2D eigenvalue weighted by Crippen LogP contribution is -2.29. The number of imidazole rings is 1. The molecular weight excluding hydrogens is 499 g/mol. The molecule has 38 heavy (non-hydrogen) atoms. The second-order valence-electron chi connectivity index (χ2n) is 10.8. The minimum absolute atomic E-state index is 0.136. The average Bonchev–Trinajstić information content (AvgIpc) is 3.17. The molecule has 2 atom stereocenters. The summed E-state index contributed by atoms with van der Waals surface area (Å²) >= 11 is 0. The molecule has 1 aliphatic carbocycles. The van der Waals surface area contributed by atoms with Gasteiger partial charge >= 0.3 is 12.3 Å². The lowest BCUT2D eigenvalue weighted by atomic mass is 9.70. The maximum Gasteiger partial charge on any atom is 0.573 e. The molecule has 1 saturated carbocycles. The lowest BCUT2D eigenvalue weighted by Gasteiger charge is -2.40. The number of halogens is 3. The Balaban J connectivity index is 1.76. The van der Waals surface area contributed by atoms with Crippen molar-refractivity contribution >= 4 is 28.6 Å². The molecule has 1 aromatic heterocycles. The van der Waals surface area contributed by atoms with Crippen LogP contribution in [0, 0.1) is 11.3 Å². The van der Waals surface area contributed by atoms with E-state index in [0.29, 0.717) is 29.7 Å². The Labute approximate surface area is 220 Å². The van der Waals surface area contributed by atoms with Gasteiger partial charge in [0.2, 0.25) is 5.95 Å². The summed E-state index contributed by atoms with van der Waals surface area (Å²) < 4.78 is 54.4. The first-order chi connectivity index (χ1) is 17.9. The Morgan fingerprint density at radius 1 is 1.16 bits per heavy atom. The topological polar surface area (TPSA) is 74.6 Å². The number of methoxy groups -OCH3 is 2. The third kappa shape index (κ3) is 6.52. The number of ether oxygens (including phenoxy) is 3. The van der Waals surface area contributed by atoms with Gasteiger partial charge in [-0.1, -0.05) is 20.8 Å². The Morgan fingerprint density at radius 2 is 1.87 bits per heavy atom. The molecule has 0 aliphatic heterocycles. The summed E-state index contributed by atoms with van der Waals surface area (Å²) in [5.41, 5.74) is 3.18. The van der Waals surface area contributed by atoms with Gasteiger partial charge in [-0.3, -0.25) is 4.79 Å². The third-order valence-corrected chi connectivity index (χ3v) is 6.99. The third-order valence-electron chi connectivity index (χ3n) is 6.99. The highest BCUT2D eigenvalue weighted by Crippen LogP contribution is 2.46. The van der Waals surface area contributed by atoms with Gasteiger partial charge in [-0.15, -0.1) is 13.2 Å². The molecule has 206 valence electrons. The van der Waals surface area contributed by atoms with Crippen LogP contribution in [0.5, 0.6) is 11.5 Å². The van der Waals surface area contributed by atoms with Crippen molar-refractivity contribution in [2.75, 3.05) is 19.5 Å². The molecule has 1 aliphatic rings. The van der Waals surface area contributed by atoms with Gasteiger partial charge in [0, 0.05) is 24.2 Å². The number of alkyl halides is 3. The maximum absolute atomic E-state index is 12.6. The van der Waals surface area contributed by atoms with Crippen molar-refractivity contribution in [1.82, 2.24) is 9.55 Å². The smallest absolute Gasteiger partial charge is 0.496 e. The summed E-state index contributed by atoms with van der Waals surface area (Å²) in [7, 11) is 2.95. The Bertz CT molecular complexity index is 1290. The monoisotopic (exact) mass is 533 g/mol. The molecule has 0 amide bonds. The molecule has 0 bridgehead atoms. The predicted molar refractivity (Wildman–Crippen MR) is 139 cm³/mol. The number of carbonyl (C=O) groups excluding carboxylic acids is 1. The second-order valence-corrected chi connectivity index (χ2v) is 10.8. The molecule has 0 saturated heterocycles. The van der Waals surface area contributed by atoms with Crippen molar-refractivity contribution in [3.63, 3.8) is 0 Å². The standard InChI is InChI=1S/C28H34F3N3O4/c1-17-12-20(16-27(2,3)15-17)34-23-14-24(36-4)18(6-11-25(35)37-5)13-22(23)33-26(34)32-19-7-9-21(10-8-19)38-28(29,30)31/h7-10,13-14,17,20H,6,11-12,15-16H2,1-5H3,(H,32,33)/t17-,20-/m1/s1. The highest BCUT2D eigenvalue weighted by atomic mass is 19.4. The van der Waals surface area contributed by atoms with E-state index in [4.69, 9.17) is 14.5 Å². The van der Waals surface area contributed by atoms with E-state index in [1.54, 1.807) is 7.11 Å². The number of esters is 1. The van der Waals surface area contributed by atoms with Crippen LogP contribution in [0.3, 0.4) is 0 Å². The fraction of sp³-hybridized carbons (Fsp3) is 0.500. The molecule has 2 aromatic carbocycles. The molecule has 4 rings (SSSR count). The summed E-state index contributed by atoms with van der Waals surface area (Å²) in [6.45, 7) is 6.80. The van der Waals surface area contributed by atoms with Crippen LogP contribution >= 0.6 is 0 Å². The molecule has 3 aromatic rings. The highest BCUT2D eigenvalue weighted by molar-refractivity contribution is 5.83. The van der Waals surface area contributed by atoms with E-state index in [-0.39, 0.29) is 29.6 Å². The van der Waals surface area contributed by atoms with E-state index >= 15 is 0 Å². The molecule has 1 N–H and O–H groups in total. The summed E-state index contributed by atoms with van der Waals surface area (Å²) in [6, 6.07) is 9.62. The second kappa shape index (κ2) is 10.7. The number of nitrogens with one attached hydrogen (secondary N) is 1. The number of aryl methyl sites for hydroxylation is 1. The maximum atomic E-state index is 12.6. The van der Waals surface area contributed by atoms with Gasteiger partial charge in [0.05, 0.1) is 25.3 Å². The van der Waals surface area contributed by atoms with Crippen molar-refractivity contribution in [3.8, 4) is 11.5 Å². The molecule has 0 unspecified atom stereocenters. The number of hydrogen-bond acceptors (Lipinski definition) is 6. The van der Waals surface area contributed by atoms with Crippen LogP contribution in [0.25, 0.3) is 11.0 Å². The van der Waals surface area contributed by atoms with Gasteiger partial charge in [0.15, 0.2) is 0 Å². The average molecular weight is 534 g/mol. The quantitative estimate of drug-likeness (QED) is 0.309. The number of nitrogens with zero attached hydrogens (tertiary/aromatic N) is 2. The van der Waals surface area contributed by atoms with E-state index in [1.165, 1.54) is 31.4 Å². The largest absolute Gasteiger partial charge is 0.573 e. The van der Waals surface area contributed by atoms with E-state index in [2.05, 4.69) is 35.4 Å². The van der Waals surface area contributed by atoms with Crippen LogP contribution in [-0.4, -0.2) is 36.1 Å². The van der Waals surface area contributed by atoms with E-state index in [0.717, 1.165) is 35.9 Å². The first-order valence-corrected chi connectivity index (χ1v) is 12.7. The zero-order valence-corrected chi connectivity index (χ0v) is 22.3. The van der Waals surface area contributed by atoms with Crippen LogP contribution in [0.4, 0.5) is 24.8 Å². The number of fused-ring (bicyclic) bond motifs is 1. The molecule has 1 fully saturated rings. The summed E-state index contributed by atoms with van der Waals surface area (Å²) in [6.07, 6.45) is -1.06. The fourth-order valence-corrected chi connectivity index (χ4v) is 5.71. The zero-order chi connectivity index (χ0) is 27.7. The minimum atomic E-state index is -4.75. The van der Waals surface area contributed by atoms with Crippen LogP contribution in [0.1, 0.15) is 58.1 Å². The molecule has 7 nitrogen and oxygen atoms in total. The fourth-order valence-electron chi connectivity index (χ4n) is 5.71.